The quantitative estimate of drug-likeness (QED) is 0.734. The summed E-state index contributed by atoms with van der Waals surface area (Å²) in [7, 11) is -3.78. The standard InChI is InChI=1S/C10H11N5O3S2/c1-6-4-7(14-18-6)5-12-20(16,17)9-8(11)13-10-15(9)2-3-19-10/h2-4,12H,5,11H2,1H3. The molecule has 0 aliphatic rings. The Bertz CT molecular complexity index is 861. The maximum absolute atomic E-state index is 12.3. The molecule has 0 bridgehead atoms. The number of thiazole rings is 1. The van der Waals surface area contributed by atoms with Crippen LogP contribution < -0.4 is 10.5 Å². The molecule has 3 heterocycles. The van der Waals surface area contributed by atoms with E-state index in [2.05, 4.69) is 14.9 Å². The lowest BCUT2D eigenvalue weighted by Gasteiger charge is -2.04. The molecule has 0 saturated heterocycles. The van der Waals surface area contributed by atoms with Crippen LogP contribution in [0.25, 0.3) is 4.96 Å². The van der Waals surface area contributed by atoms with Crippen molar-refractivity contribution in [3.63, 3.8) is 0 Å². The number of hydrogen-bond acceptors (Lipinski definition) is 7. The summed E-state index contributed by atoms with van der Waals surface area (Å²) in [5.41, 5.74) is 6.17. The summed E-state index contributed by atoms with van der Waals surface area (Å²) in [6.45, 7) is 1.76. The Kier molecular flexibility index (Phi) is 3.00. The third-order valence-corrected chi connectivity index (χ3v) is 4.81. The normalized spacial score (nSPS) is 12.2. The number of imidazole rings is 1. The molecule has 106 valence electrons. The molecule has 0 aliphatic carbocycles. The number of rotatable bonds is 4. The van der Waals surface area contributed by atoms with Gasteiger partial charge in [0.2, 0.25) is 0 Å². The molecule has 20 heavy (non-hydrogen) atoms. The zero-order valence-electron chi connectivity index (χ0n) is 10.4. The molecule has 3 aromatic heterocycles. The minimum Gasteiger partial charge on any atom is -0.381 e. The van der Waals surface area contributed by atoms with Crippen LogP contribution in [-0.2, 0) is 16.6 Å². The molecule has 10 heteroatoms. The second kappa shape index (κ2) is 4.58. The Morgan fingerprint density at radius 1 is 1.55 bits per heavy atom. The molecule has 0 unspecified atom stereocenters. The lowest BCUT2D eigenvalue weighted by molar-refractivity contribution is 0.390. The number of nitrogens with one attached hydrogen (secondary N) is 1. The van der Waals surface area contributed by atoms with Crippen LogP contribution in [0.1, 0.15) is 11.5 Å². The van der Waals surface area contributed by atoms with Gasteiger partial charge in [0.15, 0.2) is 15.8 Å². The lowest BCUT2D eigenvalue weighted by Crippen LogP contribution is -2.25. The van der Waals surface area contributed by atoms with Gasteiger partial charge >= 0.3 is 0 Å². The highest BCUT2D eigenvalue weighted by atomic mass is 32.2. The fourth-order valence-corrected chi connectivity index (χ4v) is 3.77. The molecule has 0 aliphatic heterocycles. The van der Waals surface area contributed by atoms with Crippen molar-refractivity contribution in [1.82, 2.24) is 19.3 Å². The van der Waals surface area contributed by atoms with Crippen LogP contribution in [-0.4, -0.2) is 23.0 Å². The van der Waals surface area contributed by atoms with Crippen LogP contribution in [0.15, 0.2) is 27.2 Å². The predicted molar refractivity (Wildman–Crippen MR) is 72.7 cm³/mol. The summed E-state index contributed by atoms with van der Waals surface area (Å²) >= 11 is 1.31. The van der Waals surface area contributed by atoms with Gasteiger partial charge in [-0.05, 0) is 6.92 Å². The van der Waals surface area contributed by atoms with Crippen LogP contribution in [0.3, 0.4) is 0 Å². The first-order valence-corrected chi connectivity index (χ1v) is 7.96. The summed E-state index contributed by atoms with van der Waals surface area (Å²) in [6.07, 6.45) is 1.61. The van der Waals surface area contributed by atoms with Crippen molar-refractivity contribution < 1.29 is 12.9 Å². The van der Waals surface area contributed by atoms with Crippen molar-refractivity contribution in [2.24, 2.45) is 0 Å². The third-order valence-electron chi connectivity index (χ3n) is 2.62. The van der Waals surface area contributed by atoms with Crippen molar-refractivity contribution in [3.05, 3.63) is 29.1 Å². The molecule has 8 nitrogen and oxygen atoms in total. The highest BCUT2D eigenvalue weighted by Crippen LogP contribution is 2.23. The first-order chi connectivity index (χ1) is 9.47. The van der Waals surface area contributed by atoms with E-state index in [1.807, 2.05) is 0 Å². The molecule has 0 radical (unpaired) electrons. The number of nitrogens with zero attached hydrogens (tertiary/aromatic N) is 3. The van der Waals surface area contributed by atoms with E-state index in [4.69, 9.17) is 10.3 Å². The van der Waals surface area contributed by atoms with E-state index in [0.717, 1.165) is 0 Å². The van der Waals surface area contributed by atoms with E-state index in [1.54, 1.807) is 24.6 Å². The minimum atomic E-state index is -3.78. The summed E-state index contributed by atoms with van der Waals surface area (Å²) in [4.78, 5) is 4.53. The Morgan fingerprint density at radius 3 is 3.05 bits per heavy atom. The van der Waals surface area contributed by atoms with Gasteiger partial charge in [0, 0.05) is 17.6 Å². The van der Waals surface area contributed by atoms with Gasteiger partial charge in [-0.1, -0.05) is 5.16 Å². The number of sulfonamides is 1. The number of aromatic nitrogens is 3. The monoisotopic (exact) mass is 313 g/mol. The maximum Gasteiger partial charge on any atom is 0.260 e. The molecular formula is C10H11N5O3S2. The lowest BCUT2D eigenvalue weighted by atomic mass is 10.4. The highest BCUT2D eigenvalue weighted by Gasteiger charge is 2.24. The van der Waals surface area contributed by atoms with E-state index in [-0.39, 0.29) is 17.4 Å². The van der Waals surface area contributed by atoms with Crippen LogP contribution in [0, 0.1) is 6.92 Å². The number of anilines is 1. The average molecular weight is 313 g/mol. The molecule has 0 spiro atoms. The van der Waals surface area contributed by atoms with Crippen molar-refractivity contribution in [3.8, 4) is 0 Å². The molecule has 3 N–H and O–H groups in total. The second-order valence-corrected chi connectivity index (χ2v) is 6.67. The zero-order valence-corrected chi connectivity index (χ0v) is 12.0. The second-order valence-electron chi connectivity index (χ2n) is 4.11. The third kappa shape index (κ3) is 2.17. The zero-order chi connectivity index (χ0) is 14.3. The van der Waals surface area contributed by atoms with Gasteiger partial charge in [0.1, 0.15) is 5.76 Å². The molecule has 3 rings (SSSR count). The predicted octanol–water partition coefficient (Wildman–Crippen LogP) is 0.753. The van der Waals surface area contributed by atoms with Crippen molar-refractivity contribution in [1.29, 1.82) is 0 Å². The number of hydrogen-bond donors (Lipinski definition) is 2. The van der Waals surface area contributed by atoms with Gasteiger partial charge in [0.25, 0.3) is 10.0 Å². The Balaban J connectivity index is 1.91. The fraction of sp³-hybridized carbons (Fsp3) is 0.200. The van der Waals surface area contributed by atoms with Crippen LogP contribution >= 0.6 is 11.3 Å². The van der Waals surface area contributed by atoms with Gasteiger partial charge in [-0.25, -0.2) is 18.1 Å². The molecule has 0 saturated carbocycles. The minimum absolute atomic E-state index is 0.0243. The van der Waals surface area contributed by atoms with Crippen LogP contribution in [0.5, 0.6) is 0 Å². The number of nitrogen functional groups attached to an aromatic ring is 1. The van der Waals surface area contributed by atoms with Gasteiger partial charge in [-0.3, -0.25) is 4.40 Å². The largest absolute Gasteiger partial charge is 0.381 e. The van der Waals surface area contributed by atoms with Gasteiger partial charge in [0.05, 0.1) is 12.2 Å². The van der Waals surface area contributed by atoms with Gasteiger partial charge in [-0.15, -0.1) is 11.3 Å². The van der Waals surface area contributed by atoms with Crippen LogP contribution in [0.2, 0.25) is 0 Å². The number of fused-ring (bicyclic) bond motifs is 1. The molecule has 0 aromatic carbocycles. The maximum atomic E-state index is 12.3. The Labute approximate surface area is 118 Å². The van der Waals surface area contributed by atoms with E-state index >= 15 is 0 Å². The Hall–Kier alpha value is -1.91. The Morgan fingerprint density at radius 2 is 2.35 bits per heavy atom. The summed E-state index contributed by atoms with van der Waals surface area (Å²) in [5, 5.41) is 5.40. The molecular weight excluding hydrogens is 302 g/mol. The van der Waals surface area contributed by atoms with E-state index in [9.17, 15) is 8.42 Å². The van der Waals surface area contributed by atoms with Crippen molar-refractivity contribution in [2.75, 3.05) is 5.73 Å². The summed E-state index contributed by atoms with van der Waals surface area (Å²) in [5.74, 6) is 0.587. The molecule has 0 amide bonds. The van der Waals surface area contributed by atoms with E-state index < -0.39 is 10.0 Å². The SMILES string of the molecule is Cc1cc(CNS(=O)(=O)c2c(N)nc3sccn23)no1. The molecule has 0 atom stereocenters. The summed E-state index contributed by atoms with van der Waals surface area (Å²) < 4.78 is 33.3. The van der Waals surface area contributed by atoms with Gasteiger partial charge < -0.3 is 10.3 Å². The van der Waals surface area contributed by atoms with Crippen LogP contribution in [0.4, 0.5) is 5.82 Å². The molecule has 0 fully saturated rings. The van der Waals surface area contributed by atoms with Gasteiger partial charge in [-0.2, -0.15) is 0 Å². The fourth-order valence-electron chi connectivity index (χ4n) is 1.79. The topological polar surface area (TPSA) is 116 Å². The number of nitrogens with two attached hydrogens (primary N) is 1. The van der Waals surface area contributed by atoms with Crippen molar-refractivity contribution in [2.45, 2.75) is 18.5 Å². The van der Waals surface area contributed by atoms with Crippen molar-refractivity contribution >= 4 is 32.1 Å². The van der Waals surface area contributed by atoms with E-state index in [1.165, 1.54) is 15.7 Å². The van der Waals surface area contributed by atoms with E-state index in [0.29, 0.717) is 16.4 Å². The first-order valence-electron chi connectivity index (χ1n) is 5.60. The molecule has 3 aromatic rings. The number of aryl methyl sites for hydroxylation is 1. The smallest absolute Gasteiger partial charge is 0.260 e. The average Bonchev–Trinajstić information content (AvgIpc) is 3.02. The summed E-state index contributed by atoms with van der Waals surface area (Å²) in [6, 6.07) is 1.66. The first kappa shape index (κ1) is 13.1. The highest BCUT2D eigenvalue weighted by molar-refractivity contribution is 7.89.